The first-order valence-corrected chi connectivity index (χ1v) is 4.27. The molecule has 0 radical (unpaired) electrons. The zero-order valence-electron chi connectivity index (χ0n) is 7.40. The zero-order chi connectivity index (χ0) is 9.26. The number of hydrogen-bond donors (Lipinski definition) is 0. The Kier molecular flexibility index (Phi) is 1.85. The molecule has 0 unspecified atom stereocenters. The van der Waals surface area contributed by atoms with Gasteiger partial charge in [-0.05, 0) is 19.1 Å². The van der Waals surface area contributed by atoms with Gasteiger partial charge in [0.2, 0.25) is 0 Å². The van der Waals surface area contributed by atoms with Gasteiger partial charge in [-0.1, -0.05) is 12.1 Å². The fraction of sp³-hybridized carbons (Fsp3) is 0.200. The smallest absolute Gasteiger partial charge is 0.185 e. The van der Waals surface area contributed by atoms with Gasteiger partial charge in [0.25, 0.3) is 0 Å². The van der Waals surface area contributed by atoms with Gasteiger partial charge in [0, 0.05) is 6.54 Å². The highest BCUT2D eigenvalue weighted by Crippen LogP contribution is 2.14. The molecule has 0 aliphatic carbocycles. The number of aldehydes is 1. The number of carbonyl (C=O) groups excluding carboxylic acids is 1. The van der Waals surface area contributed by atoms with E-state index in [2.05, 4.69) is 4.98 Å². The van der Waals surface area contributed by atoms with E-state index in [1.807, 2.05) is 35.8 Å². The van der Waals surface area contributed by atoms with E-state index >= 15 is 0 Å². The van der Waals surface area contributed by atoms with Crippen LogP contribution in [0.5, 0.6) is 0 Å². The second-order valence-corrected chi connectivity index (χ2v) is 2.82. The van der Waals surface area contributed by atoms with Crippen LogP contribution in [0.3, 0.4) is 0 Å². The van der Waals surface area contributed by atoms with Crippen molar-refractivity contribution in [2.45, 2.75) is 13.5 Å². The van der Waals surface area contributed by atoms with Crippen molar-refractivity contribution >= 4 is 17.3 Å². The third-order valence-corrected chi connectivity index (χ3v) is 2.11. The van der Waals surface area contributed by atoms with E-state index in [1.165, 1.54) is 0 Å². The number of benzene rings is 1. The largest absolute Gasteiger partial charge is 0.322 e. The van der Waals surface area contributed by atoms with Crippen LogP contribution >= 0.6 is 0 Å². The Bertz CT molecular complexity index is 445. The summed E-state index contributed by atoms with van der Waals surface area (Å²) in [5.41, 5.74) is 1.90. The molecule has 0 fully saturated rings. The molecule has 1 aromatic carbocycles. The molecule has 0 spiro atoms. The van der Waals surface area contributed by atoms with E-state index in [9.17, 15) is 4.79 Å². The third-order valence-electron chi connectivity index (χ3n) is 2.11. The number of carbonyl (C=O) groups is 1. The molecule has 0 aliphatic rings. The van der Waals surface area contributed by atoms with E-state index in [0.717, 1.165) is 23.9 Å². The summed E-state index contributed by atoms with van der Waals surface area (Å²) < 4.78 is 1.91. The predicted molar refractivity (Wildman–Crippen MR) is 50.8 cm³/mol. The van der Waals surface area contributed by atoms with Gasteiger partial charge < -0.3 is 4.57 Å². The van der Waals surface area contributed by atoms with Crippen molar-refractivity contribution in [2.24, 2.45) is 0 Å². The molecule has 0 amide bonds. The van der Waals surface area contributed by atoms with Gasteiger partial charge in [0.15, 0.2) is 12.1 Å². The molecule has 1 heterocycles. The van der Waals surface area contributed by atoms with Crippen molar-refractivity contribution in [1.82, 2.24) is 9.55 Å². The van der Waals surface area contributed by atoms with E-state index < -0.39 is 0 Å². The average molecular weight is 174 g/mol. The lowest BCUT2D eigenvalue weighted by Gasteiger charge is -1.99. The van der Waals surface area contributed by atoms with E-state index in [0.29, 0.717) is 5.82 Å². The van der Waals surface area contributed by atoms with Crippen LogP contribution in [0.1, 0.15) is 17.5 Å². The molecule has 2 rings (SSSR count). The number of para-hydroxylation sites is 2. The molecule has 3 nitrogen and oxygen atoms in total. The minimum atomic E-state index is 0.503. The lowest BCUT2D eigenvalue weighted by molar-refractivity contribution is 0.111. The second kappa shape index (κ2) is 3.01. The van der Waals surface area contributed by atoms with Gasteiger partial charge in [0.1, 0.15) is 0 Å². The van der Waals surface area contributed by atoms with Crippen LogP contribution in [0.4, 0.5) is 0 Å². The molecule has 0 aliphatic heterocycles. The SMILES string of the molecule is CCn1c(C=O)nc2ccccc21. The molecule has 0 N–H and O–H groups in total. The molecular weight excluding hydrogens is 164 g/mol. The molecule has 1 aromatic heterocycles. The number of imidazole rings is 1. The van der Waals surface area contributed by atoms with Crippen LogP contribution < -0.4 is 0 Å². The maximum Gasteiger partial charge on any atom is 0.185 e. The quantitative estimate of drug-likeness (QED) is 0.651. The number of rotatable bonds is 2. The van der Waals surface area contributed by atoms with E-state index in [1.54, 1.807) is 0 Å². The van der Waals surface area contributed by atoms with Gasteiger partial charge in [-0.25, -0.2) is 4.98 Å². The van der Waals surface area contributed by atoms with Crippen molar-refractivity contribution in [3.05, 3.63) is 30.1 Å². The van der Waals surface area contributed by atoms with Crippen molar-refractivity contribution in [2.75, 3.05) is 0 Å². The van der Waals surface area contributed by atoms with E-state index in [-0.39, 0.29) is 0 Å². The predicted octanol–water partition coefficient (Wildman–Crippen LogP) is 1.87. The molecule has 3 heteroatoms. The number of hydrogen-bond acceptors (Lipinski definition) is 2. The lowest BCUT2D eigenvalue weighted by atomic mass is 10.3. The van der Waals surface area contributed by atoms with Gasteiger partial charge in [-0.3, -0.25) is 4.79 Å². The maximum absolute atomic E-state index is 10.7. The number of nitrogens with zero attached hydrogens (tertiary/aromatic N) is 2. The highest BCUT2D eigenvalue weighted by atomic mass is 16.1. The summed E-state index contributed by atoms with van der Waals surface area (Å²) in [5, 5.41) is 0. The molecule has 13 heavy (non-hydrogen) atoms. The standard InChI is InChI=1S/C10H10N2O/c1-2-12-9-6-4-3-5-8(9)11-10(12)7-13/h3-7H,2H2,1H3. The molecule has 0 saturated heterocycles. The average Bonchev–Trinajstić information content (AvgIpc) is 2.55. The minimum Gasteiger partial charge on any atom is -0.322 e. The van der Waals surface area contributed by atoms with Crippen LogP contribution in [0, 0.1) is 0 Å². The molecule has 0 atom stereocenters. The number of fused-ring (bicyclic) bond motifs is 1. The fourth-order valence-electron chi connectivity index (χ4n) is 1.52. The molecule has 0 bridgehead atoms. The van der Waals surface area contributed by atoms with Crippen LogP contribution in [-0.4, -0.2) is 15.8 Å². The van der Waals surface area contributed by atoms with Crippen molar-refractivity contribution < 1.29 is 4.79 Å². The maximum atomic E-state index is 10.7. The van der Waals surface area contributed by atoms with Gasteiger partial charge in [-0.15, -0.1) is 0 Å². The monoisotopic (exact) mass is 174 g/mol. The van der Waals surface area contributed by atoms with Crippen LogP contribution in [0.2, 0.25) is 0 Å². The molecule has 2 aromatic rings. The molecule has 66 valence electrons. The van der Waals surface area contributed by atoms with Crippen LogP contribution in [-0.2, 0) is 6.54 Å². The van der Waals surface area contributed by atoms with Gasteiger partial charge in [-0.2, -0.15) is 0 Å². The first-order chi connectivity index (χ1) is 6.36. The van der Waals surface area contributed by atoms with Gasteiger partial charge >= 0.3 is 0 Å². The lowest BCUT2D eigenvalue weighted by Crippen LogP contribution is -1.99. The normalized spacial score (nSPS) is 10.5. The van der Waals surface area contributed by atoms with E-state index in [4.69, 9.17) is 0 Å². The fourth-order valence-corrected chi connectivity index (χ4v) is 1.52. The Morgan fingerprint density at radius 1 is 1.46 bits per heavy atom. The van der Waals surface area contributed by atoms with Crippen LogP contribution in [0.25, 0.3) is 11.0 Å². The summed E-state index contributed by atoms with van der Waals surface area (Å²) in [6, 6.07) is 7.75. The Balaban J connectivity index is 2.81. The third kappa shape index (κ3) is 1.13. The van der Waals surface area contributed by atoms with Crippen molar-refractivity contribution in [3.63, 3.8) is 0 Å². The van der Waals surface area contributed by atoms with Crippen LogP contribution in [0.15, 0.2) is 24.3 Å². The van der Waals surface area contributed by atoms with Crippen molar-refractivity contribution in [1.29, 1.82) is 0 Å². The summed E-state index contributed by atoms with van der Waals surface area (Å²) in [4.78, 5) is 14.9. The first kappa shape index (κ1) is 7.98. The Hall–Kier alpha value is -1.64. The van der Waals surface area contributed by atoms with Crippen molar-refractivity contribution in [3.8, 4) is 0 Å². The highest BCUT2D eigenvalue weighted by Gasteiger charge is 2.06. The summed E-state index contributed by atoms with van der Waals surface area (Å²) in [6.07, 6.45) is 0.795. The summed E-state index contributed by atoms with van der Waals surface area (Å²) in [5.74, 6) is 0.503. The zero-order valence-corrected chi connectivity index (χ0v) is 7.40. The Labute approximate surface area is 76.0 Å². The molecule has 0 saturated carbocycles. The number of aryl methyl sites for hydroxylation is 1. The highest BCUT2D eigenvalue weighted by molar-refractivity contribution is 5.82. The summed E-state index contributed by atoms with van der Waals surface area (Å²) >= 11 is 0. The topological polar surface area (TPSA) is 34.9 Å². The second-order valence-electron chi connectivity index (χ2n) is 2.82. The Morgan fingerprint density at radius 3 is 2.92 bits per heavy atom. The minimum absolute atomic E-state index is 0.503. The van der Waals surface area contributed by atoms with Gasteiger partial charge in [0.05, 0.1) is 11.0 Å². The summed E-state index contributed by atoms with van der Waals surface area (Å²) in [7, 11) is 0. The Morgan fingerprint density at radius 2 is 2.23 bits per heavy atom. The summed E-state index contributed by atoms with van der Waals surface area (Å²) in [6.45, 7) is 2.77. The molecular formula is C10H10N2O. The number of aromatic nitrogens is 2. The first-order valence-electron chi connectivity index (χ1n) is 4.27.